The number of nitrogens with zero attached hydrogens (tertiary/aromatic N) is 3. The van der Waals surface area contributed by atoms with Gasteiger partial charge in [0, 0.05) is 0 Å². The van der Waals surface area contributed by atoms with Crippen molar-refractivity contribution in [2.75, 3.05) is 14.2 Å². The SMILES string of the molecule is COc1ccccc1-n1c(O)c(C=NNC(=O)c2ccccc2O)c(=O)n(-c2ccccc2OC)c1=S. The van der Waals surface area contributed by atoms with Crippen LogP contribution in [-0.4, -0.2) is 45.7 Å². The van der Waals surface area contributed by atoms with E-state index in [9.17, 15) is 19.8 Å². The van der Waals surface area contributed by atoms with E-state index >= 15 is 0 Å². The number of aromatic hydroxyl groups is 2. The van der Waals surface area contributed by atoms with Crippen molar-refractivity contribution in [1.29, 1.82) is 0 Å². The number of phenols is 1. The first-order chi connectivity index (χ1) is 17.9. The Kier molecular flexibility index (Phi) is 7.35. The van der Waals surface area contributed by atoms with Gasteiger partial charge in [0.05, 0.1) is 37.4 Å². The highest BCUT2D eigenvalue weighted by molar-refractivity contribution is 7.71. The molecule has 0 aliphatic rings. The average molecular weight is 519 g/mol. The minimum Gasteiger partial charge on any atom is -0.507 e. The molecule has 0 aliphatic carbocycles. The van der Waals surface area contributed by atoms with E-state index in [1.807, 2.05) is 0 Å². The van der Waals surface area contributed by atoms with E-state index in [1.54, 1.807) is 60.7 Å². The number of ether oxygens (including phenoxy) is 2. The fourth-order valence-corrected chi connectivity index (χ4v) is 4.03. The molecule has 1 amide bonds. The third kappa shape index (κ3) is 4.80. The third-order valence-corrected chi connectivity index (χ3v) is 5.79. The summed E-state index contributed by atoms with van der Waals surface area (Å²) >= 11 is 5.65. The Balaban J connectivity index is 1.93. The van der Waals surface area contributed by atoms with Crippen LogP contribution in [0.1, 0.15) is 15.9 Å². The van der Waals surface area contributed by atoms with Crippen LogP contribution in [0.4, 0.5) is 0 Å². The summed E-state index contributed by atoms with van der Waals surface area (Å²) in [4.78, 5) is 26.0. The van der Waals surface area contributed by atoms with Crippen LogP contribution in [0.15, 0.2) is 82.7 Å². The molecule has 0 atom stereocenters. The highest BCUT2D eigenvalue weighted by Gasteiger charge is 2.21. The number of nitrogens with one attached hydrogen (secondary N) is 1. The van der Waals surface area contributed by atoms with Gasteiger partial charge in [-0.3, -0.25) is 14.2 Å². The second-order valence-corrected chi connectivity index (χ2v) is 7.92. The fraction of sp³-hybridized carbons (Fsp3) is 0.0769. The molecular weight excluding hydrogens is 496 g/mol. The van der Waals surface area contributed by atoms with Gasteiger partial charge < -0.3 is 19.7 Å². The molecule has 4 aromatic rings. The van der Waals surface area contributed by atoms with E-state index in [-0.39, 0.29) is 21.6 Å². The fourth-order valence-electron chi connectivity index (χ4n) is 3.67. The number of carbonyl (C=O) groups excluding carboxylic acids is 1. The summed E-state index contributed by atoms with van der Waals surface area (Å²) in [6.07, 6.45) is 1.00. The largest absolute Gasteiger partial charge is 0.507 e. The molecule has 3 aromatic carbocycles. The first-order valence-corrected chi connectivity index (χ1v) is 11.3. The Morgan fingerprint density at radius 1 is 0.892 bits per heavy atom. The summed E-state index contributed by atoms with van der Waals surface area (Å²) in [5.74, 6) is -0.720. The minimum absolute atomic E-state index is 0.0136. The molecule has 188 valence electrons. The zero-order valence-corrected chi connectivity index (χ0v) is 20.6. The van der Waals surface area contributed by atoms with Crippen LogP contribution < -0.4 is 20.5 Å². The van der Waals surface area contributed by atoms with Crippen molar-refractivity contribution in [3.05, 3.63) is 99.0 Å². The number of amides is 1. The van der Waals surface area contributed by atoms with Crippen molar-refractivity contribution in [2.24, 2.45) is 5.10 Å². The van der Waals surface area contributed by atoms with E-state index in [0.717, 1.165) is 6.21 Å². The normalized spacial score (nSPS) is 10.9. The minimum atomic E-state index is -0.712. The van der Waals surface area contributed by atoms with Gasteiger partial charge in [-0.1, -0.05) is 36.4 Å². The number of hydrazone groups is 1. The van der Waals surface area contributed by atoms with Crippen LogP contribution in [-0.2, 0) is 0 Å². The van der Waals surface area contributed by atoms with E-state index < -0.39 is 17.3 Å². The molecule has 11 heteroatoms. The van der Waals surface area contributed by atoms with E-state index in [4.69, 9.17) is 21.7 Å². The molecule has 0 aliphatic heterocycles. The lowest BCUT2D eigenvalue weighted by molar-refractivity contribution is 0.0952. The van der Waals surface area contributed by atoms with Crippen LogP contribution in [0.2, 0.25) is 0 Å². The number of rotatable bonds is 7. The number of phenolic OH excluding ortho intramolecular Hbond substituents is 1. The number of hydrogen-bond donors (Lipinski definition) is 3. The molecular formula is C26H22N4O6S. The molecule has 0 saturated heterocycles. The van der Waals surface area contributed by atoms with Crippen LogP contribution in [0.25, 0.3) is 11.4 Å². The molecule has 0 bridgehead atoms. The molecule has 4 rings (SSSR count). The van der Waals surface area contributed by atoms with Gasteiger partial charge in [0.25, 0.3) is 11.5 Å². The highest BCUT2D eigenvalue weighted by atomic mass is 32.1. The predicted octanol–water partition coefficient (Wildman–Crippen LogP) is 3.55. The van der Waals surface area contributed by atoms with Crippen molar-refractivity contribution in [3.63, 3.8) is 0 Å². The monoisotopic (exact) mass is 518 g/mol. The van der Waals surface area contributed by atoms with Crippen molar-refractivity contribution in [2.45, 2.75) is 0 Å². The first-order valence-electron chi connectivity index (χ1n) is 10.9. The lowest BCUT2D eigenvalue weighted by Gasteiger charge is -2.19. The molecule has 3 N–H and O–H groups in total. The molecule has 10 nitrogen and oxygen atoms in total. The van der Waals surface area contributed by atoms with Crippen molar-refractivity contribution in [3.8, 4) is 34.5 Å². The number of para-hydroxylation sites is 5. The van der Waals surface area contributed by atoms with E-state index in [1.165, 1.54) is 35.5 Å². The molecule has 0 fully saturated rings. The summed E-state index contributed by atoms with van der Waals surface area (Å²) in [6.45, 7) is 0. The molecule has 1 aromatic heterocycles. The lowest BCUT2D eigenvalue weighted by atomic mass is 10.2. The van der Waals surface area contributed by atoms with Crippen LogP contribution in [0, 0.1) is 4.77 Å². The van der Waals surface area contributed by atoms with Crippen LogP contribution in [0.5, 0.6) is 23.1 Å². The second kappa shape index (κ2) is 10.8. The Labute approximate surface area is 216 Å². The summed E-state index contributed by atoms with van der Waals surface area (Å²) < 4.78 is 13.2. The number of aromatic nitrogens is 2. The maximum Gasteiger partial charge on any atom is 0.275 e. The quantitative estimate of drug-likeness (QED) is 0.194. The smallest absolute Gasteiger partial charge is 0.275 e. The Bertz CT molecular complexity index is 1630. The Morgan fingerprint density at radius 2 is 1.43 bits per heavy atom. The van der Waals surface area contributed by atoms with E-state index in [2.05, 4.69) is 10.5 Å². The molecule has 1 heterocycles. The van der Waals surface area contributed by atoms with Gasteiger partial charge in [-0.25, -0.2) is 9.99 Å². The molecule has 0 radical (unpaired) electrons. The summed E-state index contributed by atoms with van der Waals surface area (Å²) in [6, 6.07) is 19.5. The van der Waals surface area contributed by atoms with Crippen LogP contribution >= 0.6 is 12.2 Å². The van der Waals surface area contributed by atoms with Gasteiger partial charge >= 0.3 is 0 Å². The number of carbonyl (C=O) groups is 1. The van der Waals surface area contributed by atoms with E-state index in [0.29, 0.717) is 22.9 Å². The van der Waals surface area contributed by atoms with Crippen molar-refractivity contribution < 1.29 is 24.5 Å². The Hall–Kier alpha value is -4.90. The average Bonchev–Trinajstić information content (AvgIpc) is 2.91. The summed E-state index contributed by atoms with van der Waals surface area (Å²) in [7, 11) is 2.92. The van der Waals surface area contributed by atoms with Crippen LogP contribution in [0.3, 0.4) is 0 Å². The topological polar surface area (TPSA) is 127 Å². The Morgan fingerprint density at radius 3 is 2.03 bits per heavy atom. The van der Waals surface area contributed by atoms with Gasteiger partial charge in [-0.2, -0.15) is 5.10 Å². The predicted molar refractivity (Wildman–Crippen MR) is 140 cm³/mol. The summed E-state index contributed by atoms with van der Waals surface area (Å²) in [5, 5.41) is 24.9. The number of benzene rings is 3. The maximum atomic E-state index is 13.6. The van der Waals surface area contributed by atoms with Gasteiger partial charge in [-0.15, -0.1) is 0 Å². The lowest BCUT2D eigenvalue weighted by Crippen LogP contribution is -2.28. The van der Waals surface area contributed by atoms with Gasteiger partial charge in [-0.05, 0) is 48.6 Å². The van der Waals surface area contributed by atoms with Crippen molar-refractivity contribution >= 4 is 24.3 Å². The second-order valence-electron chi connectivity index (χ2n) is 7.56. The van der Waals surface area contributed by atoms with Gasteiger partial charge in [0.15, 0.2) is 4.77 Å². The molecule has 0 unspecified atom stereocenters. The maximum absolute atomic E-state index is 13.6. The zero-order chi connectivity index (χ0) is 26.5. The number of hydrogen-bond acceptors (Lipinski definition) is 8. The zero-order valence-electron chi connectivity index (χ0n) is 19.8. The molecule has 0 saturated carbocycles. The standard InChI is InChI=1S/C26H22N4O6S/c1-35-21-13-7-4-10-18(21)29-24(33)17(15-27-28-23(32)16-9-3-6-12-20(16)31)25(34)30(26(29)37)19-11-5-8-14-22(19)36-2/h3-15,31,33H,1-2H3,(H,28,32). The molecule has 37 heavy (non-hydrogen) atoms. The van der Waals surface area contributed by atoms with Crippen molar-refractivity contribution in [1.82, 2.24) is 14.6 Å². The van der Waals surface area contributed by atoms with Gasteiger partial charge in [0.1, 0.15) is 22.8 Å². The van der Waals surface area contributed by atoms with Gasteiger partial charge in [0.2, 0.25) is 5.88 Å². The number of methoxy groups -OCH3 is 2. The first kappa shape index (κ1) is 25.2. The highest BCUT2D eigenvalue weighted by Crippen LogP contribution is 2.29. The third-order valence-electron chi connectivity index (χ3n) is 5.43. The summed E-state index contributed by atoms with van der Waals surface area (Å²) in [5.41, 5.74) is 1.94. The molecule has 0 spiro atoms.